The molecule has 1 saturated carbocycles. The molecule has 0 bridgehead atoms. The van der Waals surface area contributed by atoms with E-state index in [9.17, 15) is 19.2 Å². The van der Waals surface area contributed by atoms with E-state index in [-0.39, 0.29) is 18.4 Å². The van der Waals surface area contributed by atoms with Crippen molar-refractivity contribution in [1.29, 1.82) is 0 Å². The monoisotopic (exact) mass is 639 g/mol. The van der Waals surface area contributed by atoms with Crippen molar-refractivity contribution >= 4 is 35.6 Å². The molecule has 1 aliphatic carbocycles. The lowest BCUT2D eigenvalue weighted by molar-refractivity contribution is -0.159. The van der Waals surface area contributed by atoms with Crippen molar-refractivity contribution in [1.82, 2.24) is 15.5 Å². The average Bonchev–Trinajstić information content (AvgIpc) is 3.77. The van der Waals surface area contributed by atoms with Gasteiger partial charge in [0, 0.05) is 12.5 Å². The normalized spacial score (nSPS) is 15.3. The highest BCUT2D eigenvalue weighted by Gasteiger charge is 2.45. The van der Waals surface area contributed by atoms with Gasteiger partial charge >= 0.3 is 12.1 Å². The molecule has 0 spiro atoms. The van der Waals surface area contributed by atoms with E-state index >= 15 is 0 Å². The molecular weight excluding hydrogens is 590 g/mol. The van der Waals surface area contributed by atoms with Crippen LogP contribution in [0.2, 0.25) is 0 Å². The van der Waals surface area contributed by atoms with Crippen molar-refractivity contribution in [2.24, 2.45) is 0 Å². The molecule has 246 valence electrons. The molecule has 3 amide bonds. The van der Waals surface area contributed by atoms with E-state index in [2.05, 4.69) is 10.6 Å². The molecule has 45 heavy (non-hydrogen) atoms. The maximum atomic E-state index is 14.4. The Labute approximate surface area is 272 Å². The van der Waals surface area contributed by atoms with Gasteiger partial charge in [-0.2, -0.15) is 11.8 Å². The summed E-state index contributed by atoms with van der Waals surface area (Å²) in [6.45, 7) is 12.6. The quantitative estimate of drug-likeness (QED) is 0.269. The van der Waals surface area contributed by atoms with Crippen LogP contribution in [0.25, 0.3) is 0 Å². The van der Waals surface area contributed by atoms with E-state index in [0.717, 1.165) is 24.0 Å². The smallest absolute Gasteiger partial charge is 0.408 e. The predicted molar refractivity (Wildman–Crippen MR) is 178 cm³/mol. The van der Waals surface area contributed by atoms with Gasteiger partial charge in [-0.25, -0.2) is 9.59 Å². The summed E-state index contributed by atoms with van der Waals surface area (Å²) in [5, 5.41) is 5.72. The van der Waals surface area contributed by atoms with E-state index in [4.69, 9.17) is 9.47 Å². The standard InChI is InChI=1S/C35H49N3O6S/c1-23-14-16-25(17-15-23)29(30(39)36-28(32(41)43-34(2,3)4)22-24-12-10-9-11-13-24)38(26-18-19-26)31(40)27(20-21-45-8)37-33(42)44-35(5,6)7/h9-17,26-29H,18-22H2,1-8H3,(H,36,39)(H,37,42). The lowest BCUT2D eigenvalue weighted by Crippen LogP contribution is -2.55. The fraction of sp³-hybridized carbons (Fsp3) is 0.543. The summed E-state index contributed by atoms with van der Waals surface area (Å²) in [7, 11) is 0. The number of esters is 1. The first-order chi connectivity index (χ1) is 21.1. The van der Waals surface area contributed by atoms with E-state index in [1.807, 2.05) is 67.8 Å². The molecule has 1 fully saturated rings. The molecule has 2 N–H and O–H groups in total. The van der Waals surface area contributed by atoms with Crippen molar-refractivity contribution in [2.75, 3.05) is 12.0 Å². The number of amides is 3. The Kier molecular flexibility index (Phi) is 12.5. The second-order valence-electron chi connectivity index (χ2n) is 13.6. The van der Waals surface area contributed by atoms with Gasteiger partial charge in [-0.1, -0.05) is 60.2 Å². The third kappa shape index (κ3) is 11.7. The lowest BCUT2D eigenvalue weighted by Gasteiger charge is -2.35. The van der Waals surface area contributed by atoms with Gasteiger partial charge in [-0.05, 0) is 90.9 Å². The summed E-state index contributed by atoms with van der Waals surface area (Å²) >= 11 is 1.56. The summed E-state index contributed by atoms with van der Waals surface area (Å²) in [6.07, 6.45) is 3.27. The van der Waals surface area contributed by atoms with Gasteiger partial charge in [-0.3, -0.25) is 9.59 Å². The zero-order valence-electron chi connectivity index (χ0n) is 27.8. The Morgan fingerprint density at radius 3 is 2.00 bits per heavy atom. The molecule has 2 aromatic carbocycles. The number of carbonyl (C=O) groups is 4. The first-order valence-electron chi connectivity index (χ1n) is 15.5. The number of aryl methyl sites for hydroxylation is 1. The molecule has 10 heteroatoms. The minimum Gasteiger partial charge on any atom is -0.458 e. The number of hydrogen-bond acceptors (Lipinski definition) is 7. The molecule has 3 atom stereocenters. The van der Waals surface area contributed by atoms with Crippen LogP contribution in [0.3, 0.4) is 0 Å². The highest BCUT2D eigenvalue weighted by atomic mass is 32.2. The summed E-state index contributed by atoms with van der Waals surface area (Å²) in [5.74, 6) is -0.804. The van der Waals surface area contributed by atoms with Crippen LogP contribution in [0.1, 0.15) is 83.5 Å². The molecule has 0 aliphatic heterocycles. The van der Waals surface area contributed by atoms with Gasteiger partial charge in [0.25, 0.3) is 0 Å². The van der Waals surface area contributed by atoms with E-state index < -0.39 is 47.3 Å². The molecule has 3 rings (SSSR count). The van der Waals surface area contributed by atoms with Gasteiger partial charge in [0.1, 0.15) is 29.3 Å². The van der Waals surface area contributed by atoms with Crippen molar-refractivity contribution in [3.8, 4) is 0 Å². The van der Waals surface area contributed by atoms with Crippen LogP contribution in [0.5, 0.6) is 0 Å². The van der Waals surface area contributed by atoms with Crippen LogP contribution in [0, 0.1) is 6.92 Å². The number of ether oxygens (including phenoxy) is 2. The minimum absolute atomic E-state index is 0.194. The van der Waals surface area contributed by atoms with Crippen LogP contribution in [-0.4, -0.2) is 70.1 Å². The molecule has 9 nitrogen and oxygen atoms in total. The third-order valence-electron chi connectivity index (χ3n) is 7.00. The molecule has 2 aromatic rings. The number of rotatable bonds is 13. The van der Waals surface area contributed by atoms with Gasteiger partial charge < -0.3 is 25.0 Å². The van der Waals surface area contributed by atoms with Gasteiger partial charge in [-0.15, -0.1) is 0 Å². The second-order valence-corrected chi connectivity index (χ2v) is 14.5. The number of alkyl carbamates (subject to hydrolysis) is 1. The van der Waals surface area contributed by atoms with Gasteiger partial charge in [0.05, 0.1) is 0 Å². The maximum Gasteiger partial charge on any atom is 0.408 e. The molecule has 0 aromatic heterocycles. The van der Waals surface area contributed by atoms with E-state index in [0.29, 0.717) is 17.7 Å². The largest absolute Gasteiger partial charge is 0.458 e. The number of carbonyl (C=O) groups excluding carboxylic acids is 4. The minimum atomic E-state index is -1.04. The lowest BCUT2D eigenvalue weighted by atomic mass is 9.99. The zero-order chi connectivity index (χ0) is 33.4. The zero-order valence-corrected chi connectivity index (χ0v) is 28.7. The van der Waals surface area contributed by atoms with Crippen molar-refractivity contribution in [3.05, 3.63) is 71.3 Å². The van der Waals surface area contributed by atoms with Crippen LogP contribution >= 0.6 is 11.8 Å². The molecule has 1 aliphatic rings. The molecule has 0 saturated heterocycles. The predicted octanol–water partition coefficient (Wildman–Crippen LogP) is 5.74. The van der Waals surface area contributed by atoms with E-state index in [1.54, 1.807) is 58.2 Å². The second kappa shape index (κ2) is 15.7. The topological polar surface area (TPSA) is 114 Å². The molecule has 0 radical (unpaired) electrons. The Morgan fingerprint density at radius 2 is 1.47 bits per heavy atom. The van der Waals surface area contributed by atoms with Gasteiger partial charge in [0.2, 0.25) is 11.8 Å². The molecule has 3 unspecified atom stereocenters. The number of thioether (sulfide) groups is 1. The Morgan fingerprint density at radius 1 is 0.867 bits per heavy atom. The highest BCUT2D eigenvalue weighted by molar-refractivity contribution is 7.98. The summed E-state index contributed by atoms with van der Waals surface area (Å²) in [6, 6.07) is 13.7. The maximum absolute atomic E-state index is 14.4. The van der Waals surface area contributed by atoms with Crippen molar-refractivity contribution in [3.63, 3.8) is 0 Å². The SMILES string of the molecule is CSCCC(NC(=O)OC(C)(C)C)C(=O)N(C1CC1)C(C(=O)NC(Cc1ccccc1)C(=O)OC(C)(C)C)c1ccc(C)cc1. The van der Waals surface area contributed by atoms with Crippen LogP contribution in [-0.2, 0) is 30.3 Å². The first-order valence-corrected chi connectivity index (χ1v) is 16.9. The molecular formula is C35H49N3O6S. The number of hydrogen-bond donors (Lipinski definition) is 2. The van der Waals surface area contributed by atoms with E-state index in [1.165, 1.54) is 0 Å². The fourth-order valence-corrected chi connectivity index (χ4v) is 5.32. The Bertz CT molecular complexity index is 1300. The summed E-state index contributed by atoms with van der Waals surface area (Å²) < 4.78 is 11.2. The van der Waals surface area contributed by atoms with Crippen LogP contribution in [0.15, 0.2) is 54.6 Å². The number of benzene rings is 2. The summed E-state index contributed by atoms with van der Waals surface area (Å²) in [4.78, 5) is 56.6. The van der Waals surface area contributed by atoms with Crippen molar-refractivity contribution in [2.45, 2.75) is 110 Å². The average molecular weight is 640 g/mol. The first kappa shape index (κ1) is 35.9. The Balaban J connectivity index is 2.01. The summed E-state index contributed by atoms with van der Waals surface area (Å²) in [5.41, 5.74) is 0.965. The van der Waals surface area contributed by atoms with Crippen molar-refractivity contribution < 1.29 is 28.7 Å². The fourth-order valence-electron chi connectivity index (χ4n) is 4.85. The number of nitrogens with zero attached hydrogens (tertiary/aromatic N) is 1. The van der Waals surface area contributed by atoms with Crippen LogP contribution in [0.4, 0.5) is 4.79 Å². The Hall–Kier alpha value is -3.53. The highest BCUT2D eigenvalue weighted by Crippen LogP contribution is 2.36. The molecule has 0 heterocycles. The third-order valence-corrected chi connectivity index (χ3v) is 7.65. The van der Waals surface area contributed by atoms with Gasteiger partial charge in [0.15, 0.2) is 0 Å². The number of nitrogens with one attached hydrogen (secondary N) is 2. The van der Waals surface area contributed by atoms with Crippen LogP contribution < -0.4 is 10.6 Å².